The van der Waals surface area contributed by atoms with E-state index in [1.54, 1.807) is 0 Å². The Morgan fingerprint density at radius 3 is 2.02 bits per heavy atom. The van der Waals surface area contributed by atoms with Gasteiger partial charge in [0.15, 0.2) is 24.5 Å². The highest BCUT2D eigenvalue weighted by Crippen LogP contribution is 2.43. The van der Waals surface area contributed by atoms with E-state index in [1.807, 2.05) is 0 Å². The minimum Gasteiger partial charge on any atom is -0.466 e. The van der Waals surface area contributed by atoms with Crippen LogP contribution >= 0.6 is 0 Å². The monoisotopic (exact) mass is 605 g/mol. The van der Waals surface area contributed by atoms with Crippen LogP contribution in [-0.4, -0.2) is 92.0 Å². The lowest BCUT2D eigenvalue weighted by Gasteiger charge is -2.47. The number of methoxy groups -OCH3 is 1. The second-order valence-electron chi connectivity index (χ2n) is 9.58. The van der Waals surface area contributed by atoms with Crippen LogP contribution in [0.4, 0.5) is 18.9 Å². The molecule has 0 unspecified atom stereocenters. The molecule has 2 aliphatic heterocycles. The second kappa shape index (κ2) is 12.5. The summed E-state index contributed by atoms with van der Waals surface area (Å²) in [5, 5.41) is 10.4. The Kier molecular flexibility index (Phi) is 9.72. The van der Waals surface area contributed by atoms with Gasteiger partial charge in [0.05, 0.1) is 7.11 Å². The van der Waals surface area contributed by atoms with Crippen LogP contribution in [0.15, 0.2) is 18.2 Å². The number of carbonyl (C=O) groups excluding carboxylic acids is 5. The van der Waals surface area contributed by atoms with E-state index in [0.717, 1.165) is 39.8 Å². The molecule has 16 heteroatoms. The van der Waals surface area contributed by atoms with E-state index in [9.17, 15) is 42.3 Å². The lowest BCUT2D eigenvalue weighted by Crippen LogP contribution is -2.66. The SMILES string of the molecule is COC(=O)[C@](O)(c1ccc2c(c1)CCN2[C@@H]1O[C@H](COC(C)=O)[C@H](OC(C)=O)[C@H](OC(C)=O)[C@@H]1OC(C)=O)C(F)(F)F. The third-order valence-electron chi connectivity index (χ3n) is 6.59. The Morgan fingerprint density at radius 2 is 1.50 bits per heavy atom. The van der Waals surface area contributed by atoms with Crippen LogP contribution in [0.2, 0.25) is 0 Å². The maximum absolute atomic E-state index is 13.8. The summed E-state index contributed by atoms with van der Waals surface area (Å²) < 4.78 is 73.1. The van der Waals surface area contributed by atoms with E-state index in [0.29, 0.717) is 7.11 Å². The number of esters is 5. The number of fused-ring (bicyclic) bond motifs is 1. The van der Waals surface area contributed by atoms with Gasteiger partial charge in [-0.15, -0.1) is 0 Å². The summed E-state index contributed by atoms with van der Waals surface area (Å²) in [7, 11) is 0.707. The molecule has 0 bridgehead atoms. The largest absolute Gasteiger partial charge is 0.466 e. The van der Waals surface area contributed by atoms with Gasteiger partial charge in [-0.05, 0) is 24.1 Å². The number of ether oxygens (including phenoxy) is 6. The summed E-state index contributed by atoms with van der Waals surface area (Å²) in [4.78, 5) is 61.2. The number of anilines is 1. The van der Waals surface area contributed by atoms with Gasteiger partial charge in [-0.1, -0.05) is 6.07 Å². The molecule has 2 aliphatic rings. The van der Waals surface area contributed by atoms with Crippen molar-refractivity contribution in [3.8, 4) is 0 Å². The summed E-state index contributed by atoms with van der Waals surface area (Å²) in [6.45, 7) is 3.93. The summed E-state index contributed by atoms with van der Waals surface area (Å²) in [6, 6.07) is 3.07. The van der Waals surface area contributed by atoms with E-state index in [4.69, 9.17) is 23.7 Å². The summed E-state index contributed by atoms with van der Waals surface area (Å²) in [6.07, 6.45) is -12.1. The zero-order valence-electron chi connectivity index (χ0n) is 23.3. The predicted octanol–water partition coefficient (Wildman–Crippen LogP) is 1.06. The number of alkyl halides is 3. The van der Waals surface area contributed by atoms with Gasteiger partial charge in [-0.25, -0.2) is 4.79 Å². The standard InChI is InChI=1S/C26H30F3NO12/c1-12(31)38-11-19-20(39-13(2)32)21(40-14(3)33)22(41-15(4)34)23(42-19)30-9-8-16-10-17(6-7-18(16)30)25(36,24(35)37-5)26(27,28)29/h6-7,10,19-23,36H,8-9,11H2,1-5H3/t19-,20+,21+,22+,23-,25-/m1/s1. The van der Waals surface area contributed by atoms with Crippen LogP contribution in [0.1, 0.15) is 38.8 Å². The minimum absolute atomic E-state index is 0.0647. The van der Waals surface area contributed by atoms with E-state index in [1.165, 1.54) is 11.0 Å². The van der Waals surface area contributed by atoms with Crippen molar-refractivity contribution < 1.29 is 70.7 Å². The molecule has 1 fully saturated rings. The van der Waals surface area contributed by atoms with Crippen LogP contribution in [-0.2, 0) is 64.4 Å². The predicted molar refractivity (Wildman–Crippen MR) is 131 cm³/mol. The van der Waals surface area contributed by atoms with Crippen molar-refractivity contribution in [3.05, 3.63) is 29.3 Å². The Balaban J connectivity index is 2.10. The smallest absolute Gasteiger partial charge is 0.432 e. The number of halogens is 3. The maximum Gasteiger partial charge on any atom is 0.432 e. The number of carbonyl (C=O) groups is 5. The lowest BCUT2D eigenvalue weighted by atomic mass is 9.91. The molecule has 1 aromatic carbocycles. The average Bonchev–Trinajstić information content (AvgIpc) is 3.30. The fourth-order valence-electron chi connectivity index (χ4n) is 4.92. The van der Waals surface area contributed by atoms with Crippen LogP contribution < -0.4 is 4.90 Å². The van der Waals surface area contributed by atoms with Crippen molar-refractivity contribution in [2.45, 2.75) is 76.5 Å². The second-order valence-corrected chi connectivity index (χ2v) is 9.58. The fraction of sp³-hybridized carbons (Fsp3) is 0.577. The van der Waals surface area contributed by atoms with Crippen molar-refractivity contribution in [1.29, 1.82) is 0 Å². The molecule has 2 heterocycles. The Morgan fingerprint density at radius 1 is 0.929 bits per heavy atom. The minimum atomic E-state index is -5.41. The van der Waals surface area contributed by atoms with Gasteiger partial charge in [0, 0.05) is 45.5 Å². The topological polar surface area (TPSA) is 164 Å². The Hall–Kier alpha value is -3.92. The highest BCUT2D eigenvalue weighted by molar-refractivity contribution is 5.82. The third-order valence-corrected chi connectivity index (χ3v) is 6.59. The van der Waals surface area contributed by atoms with Crippen LogP contribution in [0.25, 0.3) is 0 Å². The molecular formula is C26H30F3NO12. The first-order chi connectivity index (χ1) is 19.5. The van der Waals surface area contributed by atoms with Crippen molar-refractivity contribution in [1.82, 2.24) is 0 Å². The molecule has 13 nitrogen and oxygen atoms in total. The number of rotatable bonds is 8. The molecule has 0 spiro atoms. The lowest BCUT2D eigenvalue weighted by molar-refractivity contribution is -0.266. The number of aliphatic hydroxyl groups is 1. The number of hydrogen-bond acceptors (Lipinski definition) is 13. The van der Waals surface area contributed by atoms with Crippen molar-refractivity contribution in [2.75, 3.05) is 25.2 Å². The zero-order valence-corrected chi connectivity index (χ0v) is 23.3. The van der Waals surface area contributed by atoms with E-state index >= 15 is 0 Å². The molecule has 0 radical (unpaired) electrons. The molecule has 1 aromatic rings. The van der Waals surface area contributed by atoms with Gasteiger partial charge in [0.1, 0.15) is 12.7 Å². The number of hydrogen-bond donors (Lipinski definition) is 1. The van der Waals surface area contributed by atoms with Gasteiger partial charge >= 0.3 is 36.0 Å². The third kappa shape index (κ3) is 6.59. The van der Waals surface area contributed by atoms with Crippen molar-refractivity contribution >= 4 is 35.5 Å². The van der Waals surface area contributed by atoms with E-state index in [-0.39, 0.29) is 24.2 Å². The van der Waals surface area contributed by atoms with E-state index < -0.39 is 84.4 Å². The molecular weight excluding hydrogens is 575 g/mol. The molecule has 1 N–H and O–H groups in total. The van der Waals surface area contributed by atoms with Crippen LogP contribution in [0.3, 0.4) is 0 Å². The Labute approximate surface area is 237 Å². The van der Waals surface area contributed by atoms with Crippen molar-refractivity contribution in [3.63, 3.8) is 0 Å². The number of nitrogens with zero attached hydrogens (tertiary/aromatic N) is 1. The van der Waals surface area contributed by atoms with Gasteiger partial charge < -0.3 is 38.4 Å². The summed E-state index contributed by atoms with van der Waals surface area (Å²) in [5.41, 5.74) is -4.21. The molecule has 1 saturated heterocycles. The Bertz CT molecular complexity index is 1240. The number of benzene rings is 1. The first-order valence-corrected chi connectivity index (χ1v) is 12.6. The van der Waals surface area contributed by atoms with Gasteiger partial charge in [-0.3, -0.25) is 19.2 Å². The fourth-order valence-corrected chi connectivity index (χ4v) is 4.92. The zero-order chi connectivity index (χ0) is 31.6. The van der Waals surface area contributed by atoms with Crippen molar-refractivity contribution in [2.24, 2.45) is 0 Å². The molecule has 3 rings (SSSR count). The molecule has 0 aliphatic carbocycles. The van der Waals surface area contributed by atoms with Gasteiger partial charge in [0.2, 0.25) is 0 Å². The molecule has 6 atom stereocenters. The quantitative estimate of drug-likeness (QED) is 0.331. The summed E-state index contributed by atoms with van der Waals surface area (Å²) >= 11 is 0. The first kappa shape index (κ1) is 32.6. The van der Waals surface area contributed by atoms with Gasteiger partial charge in [-0.2, -0.15) is 13.2 Å². The van der Waals surface area contributed by atoms with Crippen LogP contribution in [0, 0.1) is 0 Å². The maximum atomic E-state index is 13.8. The van der Waals surface area contributed by atoms with Crippen LogP contribution in [0.5, 0.6) is 0 Å². The first-order valence-electron chi connectivity index (χ1n) is 12.6. The molecule has 232 valence electrons. The molecule has 0 aromatic heterocycles. The molecule has 0 saturated carbocycles. The van der Waals surface area contributed by atoms with E-state index in [2.05, 4.69) is 4.74 Å². The van der Waals surface area contributed by atoms with Gasteiger partial charge in [0.25, 0.3) is 5.60 Å². The average molecular weight is 606 g/mol. The highest BCUT2D eigenvalue weighted by Gasteiger charge is 2.62. The summed E-state index contributed by atoms with van der Waals surface area (Å²) in [5.74, 6) is -5.10. The molecule has 42 heavy (non-hydrogen) atoms. The highest BCUT2D eigenvalue weighted by atomic mass is 19.4. The molecule has 0 amide bonds. The normalized spacial score (nSPS) is 25.0.